The highest BCUT2D eigenvalue weighted by Crippen LogP contribution is 2.43. The van der Waals surface area contributed by atoms with Gasteiger partial charge in [-0.2, -0.15) is 0 Å². The first-order valence-corrected chi connectivity index (χ1v) is 14.9. The lowest BCUT2D eigenvalue weighted by atomic mass is 10.1. The zero-order valence-corrected chi connectivity index (χ0v) is 22.7. The van der Waals surface area contributed by atoms with E-state index in [2.05, 4.69) is 9.88 Å². The zero-order valence-electron chi connectivity index (χ0n) is 20.3. The maximum Gasteiger partial charge on any atom is 0.267 e. The summed E-state index contributed by atoms with van der Waals surface area (Å²) >= 11 is 7.03. The summed E-state index contributed by atoms with van der Waals surface area (Å²) in [6, 6.07) is 7.43. The van der Waals surface area contributed by atoms with Crippen LogP contribution in [-0.4, -0.2) is 36.5 Å². The molecule has 1 saturated heterocycles. The van der Waals surface area contributed by atoms with Crippen molar-refractivity contribution in [3.8, 4) is 21.8 Å². The third-order valence-corrected chi connectivity index (χ3v) is 9.45. The number of thiazole rings is 1. The van der Waals surface area contributed by atoms with Crippen LogP contribution in [0, 0.1) is 23.4 Å². The van der Waals surface area contributed by atoms with Gasteiger partial charge in [0.1, 0.15) is 11.6 Å². The van der Waals surface area contributed by atoms with Crippen LogP contribution in [0.1, 0.15) is 25.1 Å². The Morgan fingerprint density at radius 3 is 2.56 bits per heavy atom. The normalized spacial score (nSPS) is 15.3. The first kappa shape index (κ1) is 26.0. The first-order chi connectivity index (χ1) is 18.7. The number of halogens is 4. The van der Waals surface area contributed by atoms with Crippen LogP contribution >= 0.6 is 22.9 Å². The lowest BCUT2D eigenvalue weighted by molar-refractivity contribution is 0.521. The van der Waals surface area contributed by atoms with Crippen molar-refractivity contribution in [2.24, 2.45) is 5.92 Å². The Kier molecular flexibility index (Phi) is 6.72. The molecule has 0 radical (unpaired) electrons. The molecule has 2 fully saturated rings. The molecule has 3 heterocycles. The van der Waals surface area contributed by atoms with Crippen LogP contribution in [0.15, 0.2) is 47.5 Å². The van der Waals surface area contributed by atoms with Gasteiger partial charge in [0.2, 0.25) is 0 Å². The fourth-order valence-electron chi connectivity index (χ4n) is 4.26. The molecular weight excluding hydrogens is 571 g/mol. The molecular formula is C26H21ClF3N5O2S2. The SMILES string of the molecule is O=S(=O)(Nc1cccc(-c2nc(N3CCC3)sc2-c2ccnc(CC3CC3)n2)c1F)c1c(F)ccc(Cl)c1F. The van der Waals surface area contributed by atoms with E-state index in [1.54, 1.807) is 12.3 Å². The molecule has 2 aromatic heterocycles. The van der Waals surface area contributed by atoms with Crippen molar-refractivity contribution in [1.82, 2.24) is 15.0 Å². The molecule has 0 atom stereocenters. The lowest BCUT2D eigenvalue weighted by Gasteiger charge is -2.30. The zero-order chi connectivity index (χ0) is 27.3. The van der Waals surface area contributed by atoms with Gasteiger partial charge in [0.05, 0.1) is 27.0 Å². The molecule has 2 aromatic carbocycles. The number of nitrogens with one attached hydrogen (secondary N) is 1. The van der Waals surface area contributed by atoms with Gasteiger partial charge in [-0.15, -0.1) is 0 Å². The summed E-state index contributed by atoms with van der Waals surface area (Å²) in [4.78, 5) is 15.2. The monoisotopic (exact) mass is 591 g/mol. The van der Waals surface area contributed by atoms with Crippen LogP contribution in [0.4, 0.5) is 24.0 Å². The second-order valence-corrected chi connectivity index (χ2v) is 12.5. The third-order valence-electron chi connectivity index (χ3n) is 6.62. The maximum absolute atomic E-state index is 15.9. The standard InChI is InChI=1S/C26H21ClF3N5O2S2/c27-16-7-8-17(28)25(22(16)30)39(36,37)34-18-4-1-3-15(21(18)29)23-24(38-26(33-23)35-11-2-12-35)19-9-10-31-20(32-19)13-14-5-6-14/h1,3-4,7-10,14,34H,2,5-6,11-13H2. The number of aromatic nitrogens is 3. The van der Waals surface area contributed by atoms with Crippen molar-refractivity contribution in [2.75, 3.05) is 22.7 Å². The molecule has 2 aliphatic rings. The third kappa shape index (κ3) is 5.08. The minimum Gasteiger partial charge on any atom is -0.348 e. The van der Waals surface area contributed by atoms with Gasteiger partial charge in [-0.25, -0.2) is 36.5 Å². The molecule has 6 rings (SSSR count). The van der Waals surface area contributed by atoms with E-state index >= 15 is 4.39 Å². The number of benzene rings is 2. The second-order valence-electron chi connectivity index (χ2n) is 9.47. The van der Waals surface area contributed by atoms with Crippen molar-refractivity contribution < 1.29 is 21.6 Å². The summed E-state index contributed by atoms with van der Waals surface area (Å²) in [6.07, 6.45) is 5.75. The Bertz CT molecular complexity index is 1690. The van der Waals surface area contributed by atoms with Gasteiger partial charge in [-0.1, -0.05) is 29.0 Å². The Balaban J connectivity index is 1.41. The molecule has 39 heavy (non-hydrogen) atoms. The Hall–Kier alpha value is -3.22. The first-order valence-electron chi connectivity index (χ1n) is 12.2. The number of anilines is 2. The van der Waals surface area contributed by atoms with Gasteiger partial charge in [-0.3, -0.25) is 4.72 Å². The molecule has 202 valence electrons. The quantitative estimate of drug-likeness (QED) is 0.242. The van der Waals surface area contributed by atoms with Gasteiger partial charge in [0.15, 0.2) is 21.7 Å². The average Bonchev–Trinajstić information content (AvgIpc) is 3.58. The van der Waals surface area contributed by atoms with Gasteiger partial charge in [0, 0.05) is 31.3 Å². The number of hydrogen-bond donors (Lipinski definition) is 1. The number of hydrogen-bond acceptors (Lipinski definition) is 7. The molecule has 1 aliphatic heterocycles. The molecule has 0 spiro atoms. The largest absolute Gasteiger partial charge is 0.348 e. The van der Waals surface area contributed by atoms with Crippen LogP contribution in [0.25, 0.3) is 21.8 Å². The van der Waals surface area contributed by atoms with E-state index in [1.807, 2.05) is 4.72 Å². The van der Waals surface area contributed by atoms with E-state index in [-0.39, 0.29) is 11.3 Å². The van der Waals surface area contributed by atoms with E-state index in [4.69, 9.17) is 21.6 Å². The number of rotatable bonds is 8. The molecule has 1 N–H and O–H groups in total. The highest BCUT2D eigenvalue weighted by molar-refractivity contribution is 7.92. The highest BCUT2D eigenvalue weighted by atomic mass is 35.5. The fourth-order valence-corrected chi connectivity index (χ4v) is 6.79. The van der Waals surface area contributed by atoms with Crippen LogP contribution in [0.3, 0.4) is 0 Å². The van der Waals surface area contributed by atoms with Gasteiger partial charge < -0.3 is 4.90 Å². The van der Waals surface area contributed by atoms with Gasteiger partial charge in [-0.05, 0) is 55.5 Å². The summed E-state index contributed by atoms with van der Waals surface area (Å²) in [6.45, 7) is 1.64. The minimum atomic E-state index is -4.87. The predicted molar refractivity (Wildman–Crippen MR) is 144 cm³/mol. The Morgan fingerprint density at radius 2 is 1.85 bits per heavy atom. The van der Waals surface area contributed by atoms with Crippen LogP contribution in [-0.2, 0) is 16.4 Å². The molecule has 0 bridgehead atoms. The molecule has 0 unspecified atom stereocenters. The van der Waals surface area contributed by atoms with Crippen LogP contribution in [0.5, 0.6) is 0 Å². The molecule has 7 nitrogen and oxygen atoms in total. The van der Waals surface area contributed by atoms with Crippen molar-refractivity contribution >= 4 is 43.8 Å². The molecule has 1 aliphatic carbocycles. The van der Waals surface area contributed by atoms with Crippen molar-refractivity contribution in [2.45, 2.75) is 30.6 Å². The van der Waals surface area contributed by atoms with Gasteiger partial charge >= 0.3 is 0 Å². The summed E-state index contributed by atoms with van der Waals surface area (Å²) in [5.74, 6) is -2.49. The topological polar surface area (TPSA) is 88.1 Å². The minimum absolute atomic E-state index is 0.0163. The van der Waals surface area contributed by atoms with E-state index in [1.165, 1.54) is 23.5 Å². The van der Waals surface area contributed by atoms with Crippen LogP contribution < -0.4 is 9.62 Å². The van der Waals surface area contributed by atoms with Crippen LogP contribution in [0.2, 0.25) is 5.02 Å². The highest BCUT2D eigenvalue weighted by Gasteiger charge is 2.30. The van der Waals surface area contributed by atoms with Crippen molar-refractivity contribution in [3.63, 3.8) is 0 Å². The molecule has 0 amide bonds. The van der Waals surface area contributed by atoms with E-state index < -0.39 is 43.1 Å². The summed E-state index contributed by atoms with van der Waals surface area (Å²) < 4.78 is 72.5. The summed E-state index contributed by atoms with van der Waals surface area (Å²) in [7, 11) is -4.87. The van der Waals surface area contributed by atoms with E-state index in [9.17, 15) is 17.2 Å². The maximum atomic E-state index is 15.9. The summed E-state index contributed by atoms with van der Waals surface area (Å²) in [5.41, 5.74) is 0.403. The van der Waals surface area contributed by atoms with Crippen molar-refractivity contribution in [3.05, 3.63) is 70.9 Å². The average molecular weight is 592 g/mol. The second kappa shape index (κ2) is 10.1. The van der Waals surface area contributed by atoms with E-state index in [0.29, 0.717) is 27.4 Å². The fraction of sp³-hybridized carbons (Fsp3) is 0.269. The number of sulfonamides is 1. The Morgan fingerprint density at radius 1 is 1.05 bits per heavy atom. The Labute approximate surface area is 231 Å². The predicted octanol–water partition coefficient (Wildman–Crippen LogP) is 6.30. The van der Waals surface area contributed by atoms with Crippen molar-refractivity contribution in [1.29, 1.82) is 0 Å². The molecule has 1 saturated carbocycles. The number of nitrogens with zero attached hydrogens (tertiary/aromatic N) is 4. The lowest BCUT2D eigenvalue weighted by Crippen LogP contribution is -2.36. The van der Waals surface area contributed by atoms with E-state index in [0.717, 1.165) is 57.0 Å². The smallest absolute Gasteiger partial charge is 0.267 e. The molecule has 4 aromatic rings. The molecule has 13 heteroatoms. The summed E-state index contributed by atoms with van der Waals surface area (Å²) in [5, 5.41) is 0.115. The van der Waals surface area contributed by atoms with Gasteiger partial charge in [0.25, 0.3) is 10.0 Å².